The Labute approximate surface area is 102 Å². The number of nitrogen functional groups attached to an aromatic ring is 1. The Kier molecular flexibility index (Phi) is 3.47. The van der Waals surface area contributed by atoms with Crippen molar-refractivity contribution in [2.24, 2.45) is 0 Å². The van der Waals surface area contributed by atoms with Crippen molar-refractivity contribution in [3.8, 4) is 0 Å². The Morgan fingerprint density at radius 1 is 1.35 bits per heavy atom. The van der Waals surface area contributed by atoms with E-state index in [1.807, 2.05) is 24.5 Å². The van der Waals surface area contributed by atoms with Gasteiger partial charge in [0.05, 0.1) is 0 Å². The molecule has 1 aromatic heterocycles. The summed E-state index contributed by atoms with van der Waals surface area (Å²) >= 11 is 0. The van der Waals surface area contributed by atoms with Crippen molar-refractivity contribution in [1.29, 1.82) is 0 Å². The number of aryl methyl sites for hydroxylation is 2. The molecule has 0 aliphatic carbocycles. The molecule has 0 atom stereocenters. The molecule has 0 saturated heterocycles. The standard InChI is InChI=1S/C14H19N3/c1-3-7-17-8-6-16-14(17)10-12-4-5-13(15)9-11(12)2/h4-6,8-9H,3,7,10,15H2,1-2H3. The van der Waals surface area contributed by atoms with Crippen molar-refractivity contribution >= 4 is 5.69 Å². The fraction of sp³-hybridized carbons (Fsp3) is 0.357. The van der Waals surface area contributed by atoms with Gasteiger partial charge in [-0.15, -0.1) is 0 Å². The van der Waals surface area contributed by atoms with Gasteiger partial charge < -0.3 is 10.3 Å². The topological polar surface area (TPSA) is 43.8 Å². The van der Waals surface area contributed by atoms with E-state index in [0.29, 0.717) is 0 Å². The number of anilines is 1. The normalized spacial score (nSPS) is 10.7. The molecule has 0 fully saturated rings. The van der Waals surface area contributed by atoms with Crippen LogP contribution in [0.15, 0.2) is 30.6 Å². The Morgan fingerprint density at radius 3 is 2.88 bits per heavy atom. The van der Waals surface area contributed by atoms with Crippen molar-refractivity contribution in [3.05, 3.63) is 47.5 Å². The first kappa shape index (κ1) is 11.7. The third-order valence-corrected chi connectivity index (χ3v) is 2.98. The molecule has 0 unspecified atom stereocenters. The second kappa shape index (κ2) is 5.04. The van der Waals surface area contributed by atoms with Crippen LogP contribution in [0.4, 0.5) is 5.69 Å². The van der Waals surface area contributed by atoms with E-state index in [1.165, 1.54) is 11.1 Å². The highest BCUT2D eigenvalue weighted by Crippen LogP contribution is 2.16. The van der Waals surface area contributed by atoms with E-state index in [0.717, 1.165) is 30.9 Å². The number of aromatic nitrogens is 2. The van der Waals surface area contributed by atoms with Crippen LogP contribution in [0.2, 0.25) is 0 Å². The monoisotopic (exact) mass is 229 g/mol. The average molecular weight is 229 g/mol. The minimum atomic E-state index is 0.822. The molecule has 0 spiro atoms. The molecule has 0 saturated carbocycles. The van der Waals surface area contributed by atoms with E-state index in [-0.39, 0.29) is 0 Å². The van der Waals surface area contributed by atoms with Crippen molar-refractivity contribution in [2.75, 3.05) is 5.73 Å². The van der Waals surface area contributed by atoms with Crippen LogP contribution in [0.25, 0.3) is 0 Å². The van der Waals surface area contributed by atoms with Crippen molar-refractivity contribution in [2.45, 2.75) is 33.2 Å². The van der Waals surface area contributed by atoms with Gasteiger partial charge in [-0.25, -0.2) is 4.98 Å². The van der Waals surface area contributed by atoms with Crippen LogP contribution in [0.5, 0.6) is 0 Å². The quantitative estimate of drug-likeness (QED) is 0.819. The number of hydrogen-bond donors (Lipinski definition) is 1. The molecule has 1 heterocycles. The molecule has 3 heteroatoms. The third-order valence-electron chi connectivity index (χ3n) is 2.98. The molecule has 90 valence electrons. The number of hydrogen-bond acceptors (Lipinski definition) is 2. The fourth-order valence-electron chi connectivity index (χ4n) is 2.04. The van der Waals surface area contributed by atoms with Crippen LogP contribution in [0, 0.1) is 6.92 Å². The average Bonchev–Trinajstić information content (AvgIpc) is 2.71. The summed E-state index contributed by atoms with van der Waals surface area (Å²) in [5, 5.41) is 0. The van der Waals surface area contributed by atoms with Gasteiger partial charge in [0.25, 0.3) is 0 Å². The maximum atomic E-state index is 5.76. The summed E-state index contributed by atoms with van der Waals surface area (Å²) in [5.74, 6) is 1.12. The SMILES string of the molecule is CCCn1ccnc1Cc1ccc(N)cc1C. The molecule has 17 heavy (non-hydrogen) atoms. The van der Waals surface area contributed by atoms with Gasteiger partial charge in [0.15, 0.2) is 0 Å². The first-order valence-corrected chi connectivity index (χ1v) is 6.05. The van der Waals surface area contributed by atoms with E-state index in [1.54, 1.807) is 0 Å². The summed E-state index contributed by atoms with van der Waals surface area (Å²) in [6.45, 7) is 5.31. The lowest BCUT2D eigenvalue weighted by Gasteiger charge is -2.09. The Balaban J connectivity index is 2.22. The molecule has 0 amide bonds. The number of nitrogens with two attached hydrogens (primary N) is 1. The van der Waals surface area contributed by atoms with E-state index >= 15 is 0 Å². The molecule has 0 aliphatic heterocycles. The van der Waals surface area contributed by atoms with Crippen LogP contribution in [0.3, 0.4) is 0 Å². The molecular weight excluding hydrogens is 210 g/mol. The zero-order chi connectivity index (χ0) is 12.3. The zero-order valence-electron chi connectivity index (χ0n) is 10.5. The summed E-state index contributed by atoms with van der Waals surface area (Å²) < 4.78 is 2.22. The molecule has 1 aromatic carbocycles. The predicted octanol–water partition coefficient (Wildman–Crippen LogP) is 2.77. The van der Waals surface area contributed by atoms with Gasteiger partial charge in [0.2, 0.25) is 0 Å². The highest BCUT2D eigenvalue weighted by Gasteiger charge is 2.05. The van der Waals surface area contributed by atoms with Crippen LogP contribution in [-0.4, -0.2) is 9.55 Å². The van der Waals surface area contributed by atoms with Gasteiger partial charge in [0.1, 0.15) is 5.82 Å². The van der Waals surface area contributed by atoms with Crippen molar-refractivity contribution in [1.82, 2.24) is 9.55 Å². The second-order valence-electron chi connectivity index (χ2n) is 4.40. The maximum absolute atomic E-state index is 5.76. The van der Waals surface area contributed by atoms with E-state index < -0.39 is 0 Å². The summed E-state index contributed by atoms with van der Waals surface area (Å²) in [6.07, 6.45) is 5.92. The number of imidazole rings is 1. The van der Waals surface area contributed by atoms with Gasteiger partial charge in [0, 0.05) is 31.0 Å². The summed E-state index contributed by atoms with van der Waals surface area (Å²) in [6, 6.07) is 6.06. The van der Waals surface area contributed by atoms with Crippen molar-refractivity contribution < 1.29 is 0 Å². The Hall–Kier alpha value is -1.77. The maximum Gasteiger partial charge on any atom is 0.113 e. The van der Waals surface area contributed by atoms with Crippen LogP contribution >= 0.6 is 0 Å². The van der Waals surface area contributed by atoms with Gasteiger partial charge in [-0.3, -0.25) is 0 Å². The molecule has 3 nitrogen and oxygen atoms in total. The van der Waals surface area contributed by atoms with E-state index in [2.05, 4.69) is 29.5 Å². The highest BCUT2D eigenvalue weighted by atomic mass is 15.1. The zero-order valence-corrected chi connectivity index (χ0v) is 10.5. The summed E-state index contributed by atoms with van der Waals surface area (Å²) in [5.41, 5.74) is 9.11. The molecule has 2 N–H and O–H groups in total. The largest absolute Gasteiger partial charge is 0.399 e. The first-order chi connectivity index (χ1) is 8.20. The third kappa shape index (κ3) is 2.67. The smallest absolute Gasteiger partial charge is 0.113 e. The Bertz CT molecular complexity index is 500. The lowest BCUT2D eigenvalue weighted by molar-refractivity contribution is 0.646. The summed E-state index contributed by atoms with van der Waals surface area (Å²) in [4.78, 5) is 4.43. The van der Waals surface area contributed by atoms with Crippen LogP contribution in [-0.2, 0) is 13.0 Å². The Morgan fingerprint density at radius 2 is 2.18 bits per heavy atom. The van der Waals surface area contributed by atoms with Gasteiger partial charge >= 0.3 is 0 Å². The van der Waals surface area contributed by atoms with E-state index in [4.69, 9.17) is 5.73 Å². The fourth-order valence-corrected chi connectivity index (χ4v) is 2.04. The minimum Gasteiger partial charge on any atom is -0.399 e. The number of benzene rings is 1. The highest BCUT2D eigenvalue weighted by molar-refractivity contribution is 5.44. The number of nitrogens with zero attached hydrogens (tertiary/aromatic N) is 2. The molecule has 0 radical (unpaired) electrons. The molecule has 2 aromatic rings. The number of rotatable bonds is 4. The van der Waals surface area contributed by atoms with Gasteiger partial charge in [-0.05, 0) is 36.6 Å². The minimum absolute atomic E-state index is 0.822. The van der Waals surface area contributed by atoms with Crippen LogP contribution in [0.1, 0.15) is 30.3 Å². The molecule has 0 bridgehead atoms. The predicted molar refractivity (Wildman–Crippen MR) is 70.9 cm³/mol. The summed E-state index contributed by atoms with van der Waals surface area (Å²) in [7, 11) is 0. The molecule has 0 aliphatic rings. The lowest BCUT2D eigenvalue weighted by Crippen LogP contribution is -2.04. The lowest BCUT2D eigenvalue weighted by atomic mass is 10.0. The van der Waals surface area contributed by atoms with Gasteiger partial charge in [-0.2, -0.15) is 0 Å². The first-order valence-electron chi connectivity index (χ1n) is 6.05. The van der Waals surface area contributed by atoms with E-state index in [9.17, 15) is 0 Å². The van der Waals surface area contributed by atoms with Crippen molar-refractivity contribution in [3.63, 3.8) is 0 Å². The second-order valence-corrected chi connectivity index (χ2v) is 4.40. The molecular formula is C14H19N3. The van der Waals surface area contributed by atoms with Gasteiger partial charge in [-0.1, -0.05) is 13.0 Å². The molecule has 2 rings (SSSR count). The van der Waals surface area contributed by atoms with Crippen LogP contribution < -0.4 is 5.73 Å².